The Bertz CT molecular complexity index is 705. The Labute approximate surface area is 111 Å². The molecule has 0 radical (unpaired) electrons. The first-order valence-corrected chi connectivity index (χ1v) is 6.29. The molecule has 2 aromatic heterocycles. The largest absolute Gasteiger partial charge is 0.497 e. The van der Waals surface area contributed by atoms with Gasteiger partial charge in [-0.2, -0.15) is 5.10 Å². The van der Waals surface area contributed by atoms with Crippen molar-refractivity contribution in [3.8, 4) is 11.6 Å². The van der Waals surface area contributed by atoms with E-state index in [0.717, 1.165) is 29.1 Å². The summed E-state index contributed by atoms with van der Waals surface area (Å²) < 4.78 is 7.06. The highest BCUT2D eigenvalue weighted by molar-refractivity contribution is 5.87. The van der Waals surface area contributed by atoms with Crippen molar-refractivity contribution in [3.05, 3.63) is 48.4 Å². The molecular weight excluding hydrogens is 238 g/mol. The molecule has 0 spiro atoms. The van der Waals surface area contributed by atoms with E-state index in [1.54, 1.807) is 18.0 Å². The maximum atomic E-state index is 5.28. The highest BCUT2D eigenvalue weighted by Crippen LogP contribution is 2.25. The number of methoxy groups -OCH3 is 1. The van der Waals surface area contributed by atoms with Gasteiger partial charge in [0.1, 0.15) is 5.75 Å². The van der Waals surface area contributed by atoms with Gasteiger partial charge < -0.3 is 4.74 Å². The fraction of sp³-hybridized carbons (Fsp3) is 0.200. The minimum absolute atomic E-state index is 0.836. The van der Waals surface area contributed by atoms with E-state index in [1.807, 2.05) is 30.5 Å². The van der Waals surface area contributed by atoms with Crippen LogP contribution in [0.2, 0.25) is 0 Å². The van der Waals surface area contributed by atoms with Crippen LogP contribution in [0.15, 0.2) is 42.7 Å². The zero-order valence-corrected chi connectivity index (χ0v) is 11.0. The van der Waals surface area contributed by atoms with Gasteiger partial charge in [-0.15, -0.1) is 0 Å². The summed E-state index contributed by atoms with van der Waals surface area (Å²) in [6, 6.07) is 9.99. The number of hydrogen-bond donors (Lipinski definition) is 0. The van der Waals surface area contributed by atoms with Crippen LogP contribution < -0.4 is 4.74 Å². The molecule has 0 fully saturated rings. The first-order valence-electron chi connectivity index (χ1n) is 6.29. The van der Waals surface area contributed by atoms with Gasteiger partial charge in [-0.3, -0.25) is 0 Å². The number of rotatable bonds is 3. The molecule has 2 heterocycles. The summed E-state index contributed by atoms with van der Waals surface area (Å²) in [5.41, 5.74) is 1.07. The van der Waals surface area contributed by atoms with Crippen molar-refractivity contribution in [1.29, 1.82) is 0 Å². The fourth-order valence-corrected chi connectivity index (χ4v) is 2.21. The normalized spacial score (nSPS) is 10.8. The van der Waals surface area contributed by atoms with Crippen molar-refractivity contribution in [1.82, 2.24) is 14.8 Å². The van der Waals surface area contributed by atoms with Crippen LogP contribution in [-0.2, 0) is 6.42 Å². The van der Waals surface area contributed by atoms with Crippen LogP contribution in [0.25, 0.3) is 16.6 Å². The van der Waals surface area contributed by atoms with Crippen LogP contribution in [0.4, 0.5) is 0 Å². The molecule has 3 rings (SSSR count). The number of nitrogens with zero attached hydrogens (tertiary/aromatic N) is 3. The standard InChI is InChI=1S/C15H15N3O/c1-3-14-13-6-5-12(19-2)9-11(13)10-15(17-14)18-8-4-7-16-18/h4-10H,3H2,1-2H3. The van der Waals surface area contributed by atoms with Crippen molar-refractivity contribution >= 4 is 10.8 Å². The minimum Gasteiger partial charge on any atom is -0.497 e. The Balaban J connectivity index is 2.25. The first kappa shape index (κ1) is 11.7. The smallest absolute Gasteiger partial charge is 0.154 e. The molecule has 0 unspecified atom stereocenters. The van der Waals surface area contributed by atoms with Gasteiger partial charge in [0.05, 0.1) is 12.8 Å². The molecule has 4 heteroatoms. The number of fused-ring (bicyclic) bond motifs is 1. The lowest BCUT2D eigenvalue weighted by molar-refractivity contribution is 0.415. The molecule has 0 saturated carbocycles. The van der Waals surface area contributed by atoms with Gasteiger partial charge in [-0.1, -0.05) is 6.92 Å². The van der Waals surface area contributed by atoms with Gasteiger partial charge in [-0.25, -0.2) is 9.67 Å². The molecule has 0 aliphatic heterocycles. The average molecular weight is 253 g/mol. The van der Waals surface area contributed by atoms with Crippen molar-refractivity contribution in [3.63, 3.8) is 0 Å². The topological polar surface area (TPSA) is 39.9 Å². The number of pyridine rings is 1. The van der Waals surface area contributed by atoms with E-state index in [9.17, 15) is 0 Å². The van der Waals surface area contributed by atoms with E-state index in [-0.39, 0.29) is 0 Å². The van der Waals surface area contributed by atoms with Gasteiger partial charge in [0.25, 0.3) is 0 Å². The molecule has 0 bridgehead atoms. The Kier molecular flexibility index (Phi) is 2.91. The van der Waals surface area contributed by atoms with Crippen molar-refractivity contribution in [2.75, 3.05) is 7.11 Å². The molecule has 0 saturated heterocycles. The van der Waals surface area contributed by atoms with E-state index >= 15 is 0 Å². The number of ether oxygens (including phenoxy) is 1. The molecule has 0 amide bonds. The maximum Gasteiger partial charge on any atom is 0.154 e. The van der Waals surface area contributed by atoms with E-state index in [0.29, 0.717) is 0 Å². The number of aryl methyl sites for hydroxylation is 1. The second-order valence-corrected chi connectivity index (χ2v) is 4.32. The molecule has 4 nitrogen and oxygen atoms in total. The van der Waals surface area contributed by atoms with Crippen LogP contribution in [0, 0.1) is 0 Å². The molecule has 0 aliphatic carbocycles. The predicted octanol–water partition coefficient (Wildman–Crippen LogP) is 2.99. The molecule has 1 aromatic carbocycles. The van der Waals surface area contributed by atoms with Crippen LogP contribution in [0.3, 0.4) is 0 Å². The van der Waals surface area contributed by atoms with Gasteiger partial charge >= 0.3 is 0 Å². The Hall–Kier alpha value is -2.36. The van der Waals surface area contributed by atoms with Gasteiger partial charge in [0.2, 0.25) is 0 Å². The van der Waals surface area contributed by atoms with Crippen LogP contribution in [-0.4, -0.2) is 21.9 Å². The summed E-state index contributed by atoms with van der Waals surface area (Å²) in [6.07, 6.45) is 4.54. The fourth-order valence-electron chi connectivity index (χ4n) is 2.21. The van der Waals surface area contributed by atoms with Gasteiger partial charge in [-0.05, 0) is 42.1 Å². The highest BCUT2D eigenvalue weighted by atomic mass is 16.5. The minimum atomic E-state index is 0.836. The summed E-state index contributed by atoms with van der Waals surface area (Å²) in [5, 5.41) is 6.52. The molecule has 96 valence electrons. The zero-order valence-electron chi connectivity index (χ0n) is 11.0. The molecule has 0 atom stereocenters. The molecule has 3 aromatic rings. The Morgan fingerprint density at radius 2 is 2.16 bits per heavy atom. The highest BCUT2D eigenvalue weighted by Gasteiger charge is 2.07. The molecule has 0 N–H and O–H groups in total. The second-order valence-electron chi connectivity index (χ2n) is 4.32. The summed E-state index contributed by atoms with van der Waals surface area (Å²) in [4.78, 5) is 4.68. The quantitative estimate of drug-likeness (QED) is 0.720. The van der Waals surface area contributed by atoms with Gasteiger partial charge in [0, 0.05) is 17.8 Å². The van der Waals surface area contributed by atoms with E-state index in [4.69, 9.17) is 4.74 Å². The van der Waals surface area contributed by atoms with Crippen LogP contribution in [0.1, 0.15) is 12.6 Å². The Morgan fingerprint density at radius 1 is 1.26 bits per heavy atom. The predicted molar refractivity (Wildman–Crippen MR) is 74.8 cm³/mol. The van der Waals surface area contributed by atoms with E-state index in [1.165, 1.54) is 5.39 Å². The number of benzene rings is 1. The van der Waals surface area contributed by atoms with Crippen LogP contribution >= 0.6 is 0 Å². The Morgan fingerprint density at radius 3 is 2.84 bits per heavy atom. The molecular formula is C15H15N3O. The first-order chi connectivity index (χ1) is 9.31. The SMILES string of the molecule is CCc1nc(-n2cccn2)cc2cc(OC)ccc12. The number of hydrogen-bond acceptors (Lipinski definition) is 3. The lowest BCUT2D eigenvalue weighted by Gasteiger charge is -2.09. The van der Waals surface area contributed by atoms with Crippen LogP contribution in [0.5, 0.6) is 5.75 Å². The maximum absolute atomic E-state index is 5.28. The third-order valence-corrected chi connectivity index (χ3v) is 3.18. The monoisotopic (exact) mass is 253 g/mol. The lowest BCUT2D eigenvalue weighted by Crippen LogP contribution is -2.01. The van der Waals surface area contributed by atoms with E-state index < -0.39 is 0 Å². The second kappa shape index (κ2) is 4.72. The average Bonchev–Trinajstić information content (AvgIpc) is 2.99. The number of aromatic nitrogens is 3. The zero-order chi connectivity index (χ0) is 13.2. The summed E-state index contributed by atoms with van der Waals surface area (Å²) in [7, 11) is 1.68. The summed E-state index contributed by atoms with van der Waals surface area (Å²) in [5.74, 6) is 1.69. The summed E-state index contributed by atoms with van der Waals surface area (Å²) >= 11 is 0. The lowest BCUT2D eigenvalue weighted by atomic mass is 10.1. The van der Waals surface area contributed by atoms with Crippen molar-refractivity contribution < 1.29 is 4.74 Å². The van der Waals surface area contributed by atoms with Crippen molar-refractivity contribution in [2.24, 2.45) is 0 Å². The van der Waals surface area contributed by atoms with E-state index in [2.05, 4.69) is 23.1 Å². The molecule has 19 heavy (non-hydrogen) atoms. The third-order valence-electron chi connectivity index (χ3n) is 3.18. The third kappa shape index (κ3) is 2.05. The van der Waals surface area contributed by atoms with Crippen molar-refractivity contribution in [2.45, 2.75) is 13.3 Å². The molecule has 0 aliphatic rings. The summed E-state index contributed by atoms with van der Waals surface area (Å²) in [6.45, 7) is 2.11. The van der Waals surface area contributed by atoms with Gasteiger partial charge in [0.15, 0.2) is 5.82 Å².